The number of methoxy groups -OCH3 is 1. The Morgan fingerprint density at radius 1 is 1.36 bits per heavy atom. The lowest BCUT2D eigenvalue weighted by Crippen LogP contribution is -1.94. The van der Waals surface area contributed by atoms with Crippen LogP contribution in [0.1, 0.15) is 5.56 Å². The highest BCUT2D eigenvalue weighted by atomic mass is 16.5. The highest BCUT2D eigenvalue weighted by Gasteiger charge is 2.03. The molecule has 2 N–H and O–H groups in total. The van der Waals surface area contributed by atoms with Crippen molar-refractivity contribution in [1.29, 1.82) is 0 Å². The van der Waals surface area contributed by atoms with E-state index < -0.39 is 5.97 Å². The summed E-state index contributed by atoms with van der Waals surface area (Å²) in [7, 11) is 1.39. The number of hydrogen-bond acceptors (Lipinski definition) is 3. The van der Waals surface area contributed by atoms with Gasteiger partial charge in [0.05, 0.1) is 13.2 Å². The highest BCUT2D eigenvalue weighted by Crippen LogP contribution is 2.18. The van der Waals surface area contributed by atoms with Gasteiger partial charge in [-0.25, -0.2) is 4.79 Å². The number of carboxylic acid groups (broad SMARTS) is 1. The number of ether oxygens (including phenoxy) is 1. The zero-order chi connectivity index (χ0) is 10.6. The van der Waals surface area contributed by atoms with E-state index in [-0.39, 0.29) is 11.5 Å². The Morgan fingerprint density at radius 3 is 2.36 bits per heavy atom. The van der Waals surface area contributed by atoms with Crippen molar-refractivity contribution < 1.29 is 19.7 Å². The molecule has 0 saturated heterocycles. The maximum absolute atomic E-state index is 10.4. The molecule has 1 aromatic carbocycles. The van der Waals surface area contributed by atoms with Crippen molar-refractivity contribution in [2.75, 3.05) is 7.11 Å². The second-order valence-corrected chi connectivity index (χ2v) is 2.60. The summed E-state index contributed by atoms with van der Waals surface area (Å²) in [6.45, 7) is 0. The Balaban J connectivity index is 3.01. The third-order valence-corrected chi connectivity index (χ3v) is 1.63. The molecule has 0 saturated carbocycles. The fourth-order valence-electron chi connectivity index (χ4n) is 0.998. The van der Waals surface area contributed by atoms with Crippen molar-refractivity contribution in [2.45, 2.75) is 0 Å². The largest absolute Gasteiger partial charge is 0.508 e. The fourth-order valence-corrected chi connectivity index (χ4v) is 0.998. The number of aliphatic carboxylic acids is 1. The smallest absolute Gasteiger partial charge is 0.332 e. The SMILES string of the molecule is COC(=CC(=O)O)c1ccc(O)cc1. The summed E-state index contributed by atoms with van der Waals surface area (Å²) in [5, 5.41) is 17.5. The molecule has 0 radical (unpaired) electrons. The molecule has 4 heteroatoms. The molecule has 4 nitrogen and oxygen atoms in total. The number of aromatic hydroxyl groups is 1. The van der Waals surface area contributed by atoms with E-state index in [1.54, 1.807) is 12.1 Å². The van der Waals surface area contributed by atoms with Crippen molar-refractivity contribution in [2.24, 2.45) is 0 Å². The van der Waals surface area contributed by atoms with Crippen molar-refractivity contribution in [3.63, 3.8) is 0 Å². The van der Waals surface area contributed by atoms with Gasteiger partial charge in [0.2, 0.25) is 0 Å². The standard InChI is InChI=1S/C10H10O4/c1-14-9(6-10(12)13)7-2-4-8(11)5-3-7/h2-6,11H,1H3,(H,12,13). The van der Waals surface area contributed by atoms with Gasteiger partial charge in [-0.2, -0.15) is 0 Å². The predicted molar refractivity (Wildman–Crippen MR) is 50.7 cm³/mol. The molecular formula is C10H10O4. The van der Waals surface area contributed by atoms with E-state index >= 15 is 0 Å². The normalized spacial score (nSPS) is 11.1. The number of benzene rings is 1. The molecule has 0 atom stereocenters. The number of carbonyl (C=O) groups is 1. The Labute approximate surface area is 81.1 Å². The minimum absolute atomic E-state index is 0.125. The van der Waals surface area contributed by atoms with Gasteiger partial charge < -0.3 is 14.9 Å². The van der Waals surface area contributed by atoms with Gasteiger partial charge in [0.1, 0.15) is 11.5 Å². The minimum Gasteiger partial charge on any atom is -0.508 e. The average Bonchev–Trinajstić information content (AvgIpc) is 2.15. The Hall–Kier alpha value is -1.97. The summed E-state index contributed by atoms with van der Waals surface area (Å²) < 4.78 is 4.89. The van der Waals surface area contributed by atoms with Gasteiger partial charge in [-0.1, -0.05) is 0 Å². The summed E-state index contributed by atoms with van der Waals surface area (Å²) in [5.74, 6) is -0.702. The van der Waals surface area contributed by atoms with Gasteiger partial charge in [-0.3, -0.25) is 0 Å². The number of hydrogen-bond donors (Lipinski definition) is 2. The number of rotatable bonds is 3. The van der Waals surface area contributed by atoms with Crippen LogP contribution in [-0.4, -0.2) is 23.3 Å². The predicted octanol–water partition coefficient (Wildman–Crippen LogP) is 1.46. The summed E-state index contributed by atoms with van der Waals surface area (Å²) in [4.78, 5) is 10.4. The summed E-state index contributed by atoms with van der Waals surface area (Å²) in [6, 6.07) is 6.08. The van der Waals surface area contributed by atoms with Crippen molar-refractivity contribution in [1.82, 2.24) is 0 Å². The first kappa shape index (κ1) is 10.1. The van der Waals surface area contributed by atoms with Gasteiger partial charge in [-0.15, -0.1) is 0 Å². The van der Waals surface area contributed by atoms with E-state index in [0.717, 1.165) is 6.08 Å². The molecule has 0 aliphatic heterocycles. The fraction of sp³-hybridized carbons (Fsp3) is 0.100. The molecule has 0 heterocycles. The topological polar surface area (TPSA) is 66.8 Å². The molecular weight excluding hydrogens is 184 g/mol. The van der Waals surface area contributed by atoms with E-state index in [2.05, 4.69) is 0 Å². The second kappa shape index (κ2) is 4.32. The third kappa shape index (κ3) is 2.52. The zero-order valence-corrected chi connectivity index (χ0v) is 7.60. The third-order valence-electron chi connectivity index (χ3n) is 1.63. The van der Waals surface area contributed by atoms with Crippen molar-refractivity contribution >= 4 is 11.7 Å². The molecule has 0 aliphatic rings. The first-order chi connectivity index (χ1) is 6.63. The molecule has 1 rings (SSSR count). The quantitative estimate of drug-likeness (QED) is 0.564. The first-order valence-corrected chi connectivity index (χ1v) is 3.91. The highest BCUT2D eigenvalue weighted by molar-refractivity contribution is 5.88. The van der Waals surface area contributed by atoms with Gasteiger partial charge in [0.25, 0.3) is 0 Å². The molecule has 0 fully saturated rings. The van der Waals surface area contributed by atoms with E-state index in [1.165, 1.54) is 19.2 Å². The van der Waals surface area contributed by atoms with Gasteiger partial charge in [0.15, 0.2) is 0 Å². The van der Waals surface area contributed by atoms with Crippen LogP contribution in [0.5, 0.6) is 5.75 Å². The summed E-state index contributed by atoms with van der Waals surface area (Å²) in [6.07, 6.45) is 0.965. The molecule has 0 bridgehead atoms. The van der Waals surface area contributed by atoms with Crippen LogP contribution in [0.3, 0.4) is 0 Å². The van der Waals surface area contributed by atoms with Gasteiger partial charge in [-0.05, 0) is 24.3 Å². The lowest BCUT2D eigenvalue weighted by atomic mass is 10.2. The molecule has 1 aromatic rings. The van der Waals surface area contributed by atoms with Crippen LogP contribution in [0.15, 0.2) is 30.3 Å². The molecule has 0 aliphatic carbocycles. The van der Waals surface area contributed by atoms with Crippen LogP contribution in [0.4, 0.5) is 0 Å². The first-order valence-electron chi connectivity index (χ1n) is 3.91. The van der Waals surface area contributed by atoms with Gasteiger partial charge in [0, 0.05) is 5.56 Å². The molecule has 0 amide bonds. The van der Waals surface area contributed by atoms with Crippen LogP contribution in [0, 0.1) is 0 Å². The van der Waals surface area contributed by atoms with Crippen LogP contribution in [0.25, 0.3) is 5.76 Å². The minimum atomic E-state index is -1.07. The lowest BCUT2D eigenvalue weighted by Gasteiger charge is -2.04. The van der Waals surface area contributed by atoms with Crippen LogP contribution in [0.2, 0.25) is 0 Å². The molecule has 0 unspecified atom stereocenters. The maximum atomic E-state index is 10.4. The van der Waals surface area contributed by atoms with Crippen LogP contribution in [-0.2, 0) is 9.53 Å². The number of carboxylic acids is 1. The molecule has 0 aromatic heterocycles. The summed E-state index contributed by atoms with van der Waals surface area (Å²) >= 11 is 0. The second-order valence-electron chi connectivity index (χ2n) is 2.60. The Morgan fingerprint density at radius 2 is 1.93 bits per heavy atom. The van der Waals surface area contributed by atoms with E-state index in [0.29, 0.717) is 5.56 Å². The Bertz CT molecular complexity index is 351. The van der Waals surface area contributed by atoms with Crippen molar-refractivity contribution in [3.8, 4) is 5.75 Å². The molecule has 74 valence electrons. The number of phenols is 1. The van der Waals surface area contributed by atoms with E-state index in [1.807, 2.05) is 0 Å². The van der Waals surface area contributed by atoms with E-state index in [4.69, 9.17) is 14.9 Å². The Kier molecular flexibility index (Phi) is 3.12. The zero-order valence-electron chi connectivity index (χ0n) is 7.60. The van der Waals surface area contributed by atoms with Crippen molar-refractivity contribution in [3.05, 3.63) is 35.9 Å². The monoisotopic (exact) mass is 194 g/mol. The molecule has 0 spiro atoms. The van der Waals surface area contributed by atoms with Gasteiger partial charge >= 0.3 is 5.97 Å². The van der Waals surface area contributed by atoms with Crippen LogP contribution >= 0.6 is 0 Å². The van der Waals surface area contributed by atoms with E-state index in [9.17, 15) is 4.79 Å². The molecule has 14 heavy (non-hydrogen) atoms. The lowest BCUT2D eigenvalue weighted by molar-refractivity contribution is -0.131. The average molecular weight is 194 g/mol. The summed E-state index contributed by atoms with van der Waals surface area (Å²) in [5.41, 5.74) is 0.604. The number of phenolic OH excluding ortho intramolecular Hbond substituents is 1. The maximum Gasteiger partial charge on any atom is 0.332 e. The van der Waals surface area contributed by atoms with Crippen LogP contribution < -0.4 is 0 Å².